The van der Waals surface area contributed by atoms with Crippen LogP contribution in [0, 0.1) is 0 Å². The molecule has 3 rings (SSSR count). The molecule has 2 heterocycles. The van der Waals surface area contributed by atoms with Crippen LogP contribution in [0.3, 0.4) is 0 Å². The van der Waals surface area contributed by atoms with Crippen molar-refractivity contribution in [3.8, 4) is 5.75 Å². The van der Waals surface area contributed by atoms with Gasteiger partial charge in [0.25, 0.3) is 5.91 Å². The van der Waals surface area contributed by atoms with Crippen molar-refractivity contribution < 1.29 is 9.53 Å². The molecule has 1 aliphatic heterocycles. The summed E-state index contributed by atoms with van der Waals surface area (Å²) >= 11 is 0. The molecule has 0 aliphatic carbocycles. The van der Waals surface area contributed by atoms with Gasteiger partial charge in [0.1, 0.15) is 5.75 Å². The Labute approximate surface area is 118 Å². The number of carbonyl (C=O) groups is 1. The summed E-state index contributed by atoms with van der Waals surface area (Å²) in [5.41, 5.74) is 1.74. The number of aromatic nitrogens is 1. The van der Waals surface area contributed by atoms with Crippen LogP contribution in [0.15, 0.2) is 42.6 Å². The van der Waals surface area contributed by atoms with Gasteiger partial charge in [0, 0.05) is 18.4 Å². The van der Waals surface area contributed by atoms with Crippen molar-refractivity contribution in [2.75, 3.05) is 13.7 Å². The first-order chi connectivity index (χ1) is 9.81. The molecule has 1 saturated heterocycles. The fraction of sp³-hybridized carbons (Fsp3) is 0.312. The number of ether oxygens (including phenoxy) is 1. The molecule has 1 aromatic heterocycles. The molecule has 0 spiro atoms. The zero-order valence-corrected chi connectivity index (χ0v) is 11.5. The molecule has 1 amide bonds. The van der Waals surface area contributed by atoms with E-state index in [1.807, 2.05) is 47.5 Å². The Kier molecular flexibility index (Phi) is 3.46. The van der Waals surface area contributed by atoms with E-state index in [2.05, 4.69) is 4.98 Å². The zero-order chi connectivity index (χ0) is 13.9. The molecule has 2 aromatic rings. The summed E-state index contributed by atoms with van der Waals surface area (Å²) < 4.78 is 5.30. The van der Waals surface area contributed by atoms with Crippen molar-refractivity contribution >= 4 is 5.91 Å². The lowest BCUT2D eigenvalue weighted by atomic mass is 10.1. The van der Waals surface area contributed by atoms with Gasteiger partial charge in [0.05, 0.1) is 18.7 Å². The monoisotopic (exact) mass is 270 g/mol. The largest absolute Gasteiger partial charge is 0.496 e. The van der Waals surface area contributed by atoms with Crippen LogP contribution < -0.4 is 4.74 Å². The van der Waals surface area contributed by atoms with E-state index in [4.69, 9.17) is 4.74 Å². The number of nitrogens with one attached hydrogen (secondary N) is 1. The number of methoxy groups -OCH3 is 1. The van der Waals surface area contributed by atoms with Crippen LogP contribution in [0.4, 0.5) is 0 Å². The third-order valence-electron chi connectivity index (χ3n) is 3.83. The van der Waals surface area contributed by atoms with E-state index in [9.17, 15) is 4.79 Å². The lowest BCUT2D eigenvalue weighted by Gasteiger charge is -2.24. The number of aromatic amines is 1. The van der Waals surface area contributed by atoms with E-state index < -0.39 is 0 Å². The Morgan fingerprint density at radius 3 is 2.90 bits per heavy atom. The molecule has 1 unspecified atom stereocenters. The van der Waals surface area contributed by atoms with Gasteiger partial charge < -0.3 is 14.6 Å². The minimum absolute atomic E-state index is 0.0413. The first-order valence-corrected chi connectivity index (χ1v) is 6.88. The highest BCUT2D eigenvalue weighted by Crippen LogP contribution is 2.33. The van der Waals surface area contributed by atoms with Crippen molar-refractivity contribution in [2.24, 2.45) is 0 Å². The summed E-state index contributed by atoms with van der Waals surface area (Å²) in [7, 11) is 1.60. The van der Waals surface area contributed by atoms with Crippen molar-refractivity contribution in [3.63, 3.8) is 0 Å². The molecule has 0 radical (unpaired) electrons. The number of likely N-dealkylation sites (tertiary alicyclic amines) is 1. The smallest absolute Gasteiger partial charge is 0.258 e. The van der Waals surface area contributed by atoms with Crippen LogP contribution in [0.2, 0.25) is 0 Å². The normalized spacial score (nSPS) is 18.2. The summed E-state index contributed by atoms with van der Waals surface area (Å²) in [5.74, 6) is 0.675. The first-order valence-electron chi connectivity index (χ1n) is 6.88. The molecule has 1 N–H and O–H groups in total. The molecular formula is C16H18N2O2. The standard InChI is InChI=1S/C16H18N2O2/c1-20-15-9-3-2-6-12(15)16(19)18-11-5-8-14(18)13-7-4-10-17-13/h2-4,6-7,9-10,14,17H,5,8,11H2,1H3. The average molecular weight is 270 g/mol. The second kappa shape index (κ2) is 5.41. The van der Waals surface area contributed by atoms with Gasteiger partial charge in [0.2, 0.25) is 0 Å². The van der Waals surface area contributed by atoms with E-state index in [-0.39, 0.29) is 11.9 Å². The lowest BCUT2D eigenvalue weighted by Crippen LogP contribution is -2.31. The number of amides is 1. The maximum absolute atomic E-state index is 12.8. The van der Waals surface area contributed by atoms with E-state index >= 15 is 0 Å². The molecule has 4 heteroatoms. The summed E-state index contributed by atoms with van der Waals surface area (Å²) in [4.78, 5) is 17.9. The van der Waals surface area contributed by atoms with Gasteiger partial charge in [0.15, 0.2) is 0 Å². The molecule has 0 saturated carbocycles. The molecule has 4 nitrogen and oxygen atoms in total. The third-order valence-corrected chi connectivity index (χ3v) is 3.83. The molecule has 0 bridgehead atoms. The number of rotatable bonds is 3. The second-order valence-corrected chi connectivity index (χ2v) is 4.98. The summed E-state index contributed by atoms with van der Waals surface area (Å²) in [6, 6.07) is 11.6. The zero-order valence-electron chi connectivity index (χ0n) is 11.5. The summed E-state index contributed by atoms with van der Waals surface area (Å²) in [6.07, 6.45) is 3.94. The Bertz CT molecular complexity index is 592. The Morgan fingerprint density at radius 2 is 2.15 bits per heavy atom. The average Bonchev–Trinajstić information content (AvgIpc) is 3.16. The van der Waals surface area contributed by atoms with Crippen LogP contribution in [-0.2, 0) is 0 Å². The van der Waals surface area contributed by atoms with E-state index in [1.165, 1.54) is 0 Å². The van der Waals surface area contributed by atoms with Gasteiger partial charge in [-0.15, -0.1) is 0 Å². The van der Waals surface area contributed by atoms with E-state index in [0.717, 1.165) is 25.1 Å². The summed E-state index contributed by atoms with van der Waals surface area (Å²) in [6.45, 7) is 0.792. The van der Waals surface area contributed by atoms with E-state index in [1.54, 1.807) is 7.11 Å². The number of hydrogen-bond donors (Lipinski definition) is 1. The molecular weight excluding hydrogens is 252 g/mol. The Balaban J connectivity index is 1.90. The van der Waals surface area contributed by atoms with Gasteiger partial charge in [-0.05, 0) is 37.1 Å². The van der Waals surface area contributed by atoms with Gasteiger partial charge in [-0.3, -0.25) is 4.79 Å². The maximum Gasteiger partial charge on any atom is 0.258 e. The molecule has 1 atom stereocenters. The SMILES string of the molecule is COc1ccccc1C(=O)N1CCCC1c1ccc[nH]1. The molecule has 104 valence electrons. The van der Waals surface area contributed by atoms with Gasteiger partial charge in [-0.25, -0.2) is 0 Å². The fourth-order valence-corrected chi connectivity index (χ4v) is 2.86. The first kappa shape index (κ1) is 12.8. The number of carbonyl (C=O) groups excluding carboxylic acids is 1. The second-order valence-electron chi connectivity index (χ2n) is 4.98. The predicted octanol–water partition coefficient (Wildman–Crippen LogP) is 3.00. The van der Waals surface area contributed by atoms with Crippen molar-refractivity contribution in [1.29, 1.82) is 0 Å². The molecule has 20 heavy (non-hydrogen) atoms. The van der Waals surface area contributed by atoms with E-state index in [0.29, 0.717) is 11.3 Å². The predicted molar refractivity (Wildman–Crippen MR) is 76.8 cm³/mol. The third kappa shape index (κ3) is 2.18. The van der Waals surface area contributed by atoms with Crippen molar-refractivity contribution in [3.05, 3.63) is 53.9 Å². The highest BCUT2D eigenvalue weighted by atomic mass is 16.5. The van der Waals surface area contributed by atoms with Crippen LogP contribution in [0.1, 0.15) is 34.9 Å². The molecule has 1 aromatic carbocycles. The van der Waals surface area contributed by atoms with Crippen molar-refractivity contribution in [2.45, 2.75) is 18.9 Å². The minimum atomic E-state index is 0.0413. The number of H-pyrrole nitrogens is 1. The van der Waals surface area contributed by atoms with Crippen LogP contribution in [0.25, 0.3) is 0 Å². The quantitative estimate of drug-likeness (QED) is 0.932. The maximum atomic E-state index is 12.8. The number of hydrogen-bond acceptors (Lipinski definition) is 2. The number of benzene rings is 1. The minimum Gasteiger partial charge on any atom is -0.496 e. The fourth-order valence-electron chi connectivity index (χ4n) is 2.86. The van der Waals surface area contributed by atoms with Crippen LogP contribution in [-0.4, -0.2) is 29.4 Å². The van der Waals surface area contributed by atoms with Gasteiger partial charge >= 0.3 is 0 Å². The van der Waals surface area contributed by atoms with Gasteiger partial charge in [-0.2, -0.15) is 0 Å². The van der Waals surface area contributed by atoms with Gasteiger partial charge in [-0.1, -0.05) is 12.1 Å². The molecule has 1 fully saturated rings. The number of nitrogens with zero attached hydrogens (tertiary/aromatic N) is 1. The Hall–Kier alpha value is -2.23. The van der Waals surface area contributed by atoms with Crippen molar-refractivity contribution in [1.82, 2.24) is 9.88 Å². The summed E-state index contributed by atoms with van der Waals surface area (Å²) in [5, 5.41) is 0. The van der Waals surface area contributed by atoms with Crippen LogP contribution in [0.5, 0.6) is 5.75 Å². The highest BCUT2D eigenvalue weighted by molar-refractivity contribution is 5.97. The van der Waals surface area contributed by atoms with Crippen LogP contribution >= 0.6 is 0 Å². The number of para-hydroxylation sites is 1. The molecule has 1 aliphatic rings. The lowest BCUT2D eigenvalue weighted by molar-refractivity contribution is 0.0730. The Morgan fingerprint density at radius 1 is 1.30 bits per heavy atom. The topological polar surface area (TPSA) is 45.3 Å². The highest BCUT2D eigenvalue weighted by Gasteiger charge is 2.32.